The first-order valence-corrected chi connectivity index (χ1v) is 29.5. The van der Waals surface area contributed by atoms with Crippen molar-refractivity contribution in [1.29, 1.82) is 0 Å². The number of hydrogen-bond acceptors (Lipinski definition) is 19. The number of aliphatic hydroxyl groups is 5. The predicted molar refractivity (Wildman–Crippen MR) is 293 cm³/mol. The zero-order valence-corrected chi connectivity index (χ0v) is 50.9. The Morgan fingerprint density at radius 2 is 1.07 bits per heavy atom. The molecule has 22 heteroatoms. The average molecular weight is 1160 g/mol. The predicted octanol–water partition coefficient (Wildman–Crippen LogP) is 2.93. The van der Waals surface area contributed by atoms with E-state index in [-0.39, 0.29) is 34.9 Å². The summed E-state index contributed by atoms with van der Waals surface area (Å²) in [7, 11) is 3.60. The van der Waals surface area contributed by atoms with Gasteiger partial charge >= 0.3 is 17.9 Å². The van der Waals surface area contributed by atoms with Gasteiger partial charge in [-0.3, -0.25) is 19.2 Å². The lowest BCUT2D eigenvalue weighted by atomic mass is 9.33. The largest absolute Gasteiger partial charge is 0.467 e. The first kappa shape index (κ1) is 65.4. The number of aliphatic hydroxyl groups excluding tert-OH is 5. The molecule has 464 valence electrons. The van der Waals surface area contributed by atoms with Crippen molar-refractivity contribution >= 4 is 41.4 Å². The maximum Gasteiger partial charge on any atom is 0.328 e. The van der Waals surface area contributed by atoms with Gasteiger partial charge in [-0.2, -0.15) is 0 Å². The number of ether oxygens (including phenoxy) is 7. The number of ketones is 1. The summed E-state index contributed by atoms with van der Waals surface area (Å²) >= 11 is 0. The lowest BCUT2D eigenvalue weighted by molar-refractivity contribution is -0.369. The SMILES string of the molecule is COC(=O)[C@@H](NC(=O)[C@@]1(C)CC[C@]2(C)CC[C@]3(C)C(=CC(=O)C4[C@@]5(C)CCC(OC6OC(C(=O)N[C@@H](C(=O)OC)C(C)C)C(O)C(O)C6OC6OC(C(=O)N[C@@H](C(=O)OC)C(C)C)C(O)C(O)C6O)C(C)(C)C5CC[C@]43C)C2C1)C(C)C. The fraction of sp³-hybridized carbons (Fsp3) is 0.850. The van der Waals surface area contributed by atoms with Gasteiger partial charge in [-0.15, -0.1) is 0 Å². The van der Waals surface area contributed by atoms with E-state index < -0.39 is 160 Å². The quantitative estimate of drug-likeness (QED) is 0.0626. The van der Waals surface area contributed by atoms with Gasteiger partial charge in [-0.1, -0.05) is 95.6 Å². The summed E-state index contributed by atoms with van der Waals surface area (Å²) in [5.41, 5.74) is -2.14. The molecular formula is C60H95N3O19. The van der Waals surface area contributed by atoms with Gasteiger partial charge in [-0.05, 0) is 121 Å². The molecule has 82 heavy (non-hydrogen) atoms. The molecule has 0 spiro atoms. The van der Waals surface area contributed by atoms with E-state index in [9.17, 15) is 54.3 Å². The first-order valence-electron chi connectivity index (χ1n) is 29.5. The third-order valence-electron chi connectivity index (χ3n) is 21.5. The topological polar surface area (TPSA) is 321 Å². The molecule has 7 rings (SSSR count). The van der Waals surface area contributed by atoms with Crippen molar-refractivity contribution in [2.45, 2.75) is 233 Å². The highest BCUT2D eigenvalue weighted by molar-refractivity contribution is 5.96. The molecule has 2 aliphatic heterocycles. The van der Waals surface area contributed by atoms with Crippen LogP contribution in [0.1, 0.15) is 148 Å². The first-order chi connectivity index (χ1) is 38.0. The van der Waals surface area contributed by atoms with Gasteiger partial charge in [0.2, 0.25) is 5.91 Å². The number of esters is 3. The van der Waals surface area contributed by atoms with Crippen LogP contribution in [0.4, 0.5) is 0 Å². The number of methoxy groups -OCH3 is 3. The van der Waals surface area contributed by atoms with Crippen LogP contribution in [0, 0.1) is 68.0 Å². The van der Waals surface area contributed by atoms with Crippen LogP contribution in [0.3, 0.4) is 0 Å². The van der Waals surface area contributed by atoms with E-state index in [0.717, 1.165) is 39.1 Å². The highest BCUT2D eigenvalue weighted by atomic mass is 16.8. The van der Waals surface area contributed by atoms with Crippen LogP contribution in [0.25, 0.3) is 0 Å². The van der Waals surface area contributed by atoms with E-state index in [1.807, 2.05) is 40.7 Å². The number of nitrogens with one attached hydrogen (secondary N) is 3. The van der Waals surface area contributed by atoms with Crippen LogP contribution in [0.15, 0.2) is 11.6 Å². The fourth-order valence-electron chi connectivity index (χ4n) is 16.1. The molecule has 0 aromatic rings. The summed E-state index contributed by atoms with van der Waals surface area (Å²) in [6, 6.07) is -3.20. The van der Waals surface area contributed by atoms with E-state index in [2.05, 4.69) is 43.6 Å². The molecule has 22 nitrogen and oxygen atoms in total. The molecule has 5 aliphatic carbocycles. The van der Waals surface area contributed by atoms with Gasteiger partial charge in [0.1, 0.15) is 54.7 Å². The Kier molecular flexibility index (Phi) is 19.1. The van der Waals surface area contributed by atoms with E-state index in [4.69, 9.17) is 33.2 Å². The number of rotatable bonds is 16. The molecular weight excluding hydrogens is 1070 g/mol. The number of hydrogen-bond donors (Lipinski definition) is 8. The molecule has 4 saturated carbocycles. The Bertz CT molecular complexity index is 2470. The van der Waals surface area contributed by atoms with E-state index >= 15 is 4.79 Å². The normalized spacial score (nSPS) is 41.7. The molecule has 2 heterocycles. The van der Waals surface area contributed by atoms with Crippen LogP contribution >= 0.6 is 0 Å². The van der Waals surface area contributed by atoms with Gasteiger partial charge in [-0.25, -0.2) is 14.4 Å². The maximum atomic E-state index is 15.4. The molecule has 7 aliphatic rings. The Hall–Kier alpha value is -4.13. The minimum absolute atomic E-state index is 0.0425. The molecule has 0 aromatic carbocycles. The highest BCUT2D eigenvalue weighted by Gasteiger charge is 2.71. The summed E-state index contributed by atoms with van der Waals surface area (Å²) in [6.07, 6.45) is -12.8. The molecule has 6 fully saturated rings. The minimum Gasteiger partial charge on any atom is -0.467 e. The van der Waals surface area contributed by atoms with Gasteiger partial charge in [0.25, 0.3) is 11.8 Å². The van der Waals surface area contributed by atoms with Gasteiger partial charge in [0.05, 0.1) is 27.4 Å². The number of fused-ring (bicyclic) bond motifs is 7. The van der Waals surface area contributed by atoms with Gasteiger partial charge < -0.3 is 74.6 Å². The van der Waals surface area contributed by atoms with Crippen LogP contribution in [0.2, 0.25) is 0 Å². The summed E-state index contributed by atoms with van der Waals surface area (Å²) in [6.45, 7) is 25.4. The van der Waals surface area contributed by atoms with Crippen LogP contribution in [-0.4, -0.2) is 174 Å². The summed E-state index contributed by atoms with van der Waals surface area (Å²) in [4.78, 5) is 95.8. The van der Waals surface area contributed by atoms with Crippen molar-refractivity contribution in [1.82, 2.24) is 16.0 Å². The number of carbonyl (C=O) groups is 7. The summed E-state index contributed by atoms with van der Waals surface area (Å²) in [5.74, 6) is -6.13. The van der Waals surface area contributed by atoms with E-state index in [1.54, 1.807) is 27.7 Å². The van der Waals surface area contributed by atoms with Crippen LogP contribution < -0.4 is 16.0 Å². The Morgan fingerprint density at radius 3 is 1.59 bits per heavy atom. The second-order valence-electron chi connectivity index (χ2n) is 27.9. The third-order valence-corrected chi connectivity index (χ3v) is 21.5. The van der Waals surface area contributed by atoms with Crippen molar-refractivity contribution in [3.8, 4) is 0 Å². The molecule has 0 radical (unpaired) electrons. The lowest BCUT2D eigenvalue weighted by Gasteiger charge is -2.70. The number of amides is 3. The smallest absolute Gasteiger partial charge is 0.328 e. The molecule has 2 saturated heterocycles. The standard InChI is InChI=1S/C60H95N3O19/c1-27(2)35(49(72)76-14)61-47(70)43-39(66)38(65)42(69)52(80-43)82-45-41(68)40(67)44(48(71)62-36(28(3)4)50(73)77-15)81-53(45)79-34-18-19-58(11)33(55(34,7)8)17-20-60(13)46(58)32(64)25-30-31-26-57(10,22-21-56(31,9)23-24-59(30,60)12)54(75)63-37(29(5)6)51(74)78-16/h25,27-29,31,33-46,52-53,65-69H,17-24,26H2,1-16H3,(H,61,70)(H,62,71)(H,63,75)/t31?,33?,34?,35-,36-,37+,38?,39?,40?,41?,42?,43?,44?,45?,46?,52?,53?,56-,57+,58+,59-,60-/m1/s1. The monoisotopic (exact) mass is 1160 g/mol. The van der Waals surface area contributed by atoms with Gasteiger partial charge in [0, 0.05) is 11.3 Å². The molecule has 8 N–H and O–H groups in total. The average Bonchev–Trinajstić information content (AvgIpc) is 0.716. The Labute approximate surface area is 482 Å². The Balaban J connectivity index is 1.19. The molecule has 22 atom stereocenters. The van der Waals surface area contributed by atoms with Crippen molar-refractivity contribution in [3.05, 3.63) is 11.6 Å². The van der Waals surface area contributed by atoms with Crippen molar-refractivity contribution < 1.29 is 92.3 Å². The van der Waals surface area contributed by atoms with Crippen LogP contribution in [-0.2, 0) is 66.7 Å². The zero-order valence-electron chi connectivity index (χ0n) is 50.9. The highest BCUT2D eigenvalue weighted by Crippen LogP contribution is 2.75. The van der Waals surface area contributed by atoms with Crippen molar-refractivity contribution in [3.63, 3.8) is 0 Å². The molecule has 0 aromatic heterocycles. The van der Waals surface area contributed by atoms with Crippen molar-refractivity contribution in [2.75, 3.05) is 21.3 Å². The molecule has 0 bridgehead atoms. The number of carbonyl (C=O) groups excluding carboxylic acids is 7. The lowest BCUT2D eigenvalue weighted by Crippen LogP contribution is -2.69. The minimum atomic E-state index is -2.09. The van der Waals surface area contributed by atoms with Crippen molar-refractivity contribution in [2.24, 2.45) is 68.0 Å². The van der Waals surface area contributed by atoms with E-state index in [0.29, 0.717) is 38.5 Å². The molecule has 3 amide bonds. The van der Waals surface area contributed by atoms with Crippen LogP contribution in [0.5, 0.6) is 0 Å². The molecule has 14 unspecified atom stereocenters. The van der Waals surface area contributed by atoms with Gasteiger partial charge in [0.15, 0.2) is 30.6 Å². The zero-order chi connectivity index (χ0) is 61.3. The second-order valence-corrected chi connectivity index (χ2v) is 27.9. The summed E-state index contributed by atoms with van der Waals surface area (Å²) < 4.78 is 40.1. The number of allylic oxidation sites excluding steroid dienone is 2. The van der Waals surface area contributed by atoms with E-state index in [1.165, 1.54) is 7.11 Å². The Morgan fingerprint density at radius 1 is 0.585 bits per heavy atom. The fourth-order valence-corrected chi connectivity index (χ4v) is 16.1. The third kappa shape index (κ3) is 11.3. The summed E-state index contributed by atoms with van der Waals surface area (Å²) in [5, 5.41) is 65.3. The maximum absolute atomic E-state index is 15.4. The second kappa shape index (κ2) is 24.0.